The summed E-state index contributed by atoms with van der Waals surface area (Å²) < 4.78 is 29.1. The molecule has 1 unspecified atom stereocenters. The van der Waals surface area contributed by atoms with Crippen molar-refractivity contribution in [1.82, 2.24) is 10.1 Å². The van der Waals surface area contributed by atoms with Crippen LogP contribution in [0.4, 0.5) is 4.39 Å². The average Bonchev–Trinajstić information content (AvgIpc) is 3.16. The number of ether oxygens (including phenoxy) is 2. The number of rotatable bonds is 7. The fraction of sp³-hybridized carbons (Fsp3) is 0.421. The fourth-order valence-corrected chi connectivity index (χ4v) is 3.29. The van der Waals surface area contributed by atoms with Crippen molar-refractivity contribution in [2.75, 3.05) is 26.8 Å². The summed E-state index contributed by atoms with van der Waals surface area (Å²) in [6, 6.07) is 7.35. The second-order valence-corrected chi connectivity index (χ2v) is 6.75. The number of halogens is 1. The van der Waals surface area contributed by atoms with Gasteiger partial charge < -0.3 is 24.0 Å². The highest BCUT2D eigenvalue weighted by Crippen LogP contribution is 2.31. The molecule has 1 aliphatic heterocycles. The highest BCUT2D eigenvalue weighted by atomic mass is 19.1. The Hall–Kier alpha value is -2.94. The van der Waals surface area contributed by atoms with E-state index in [1.807, 2.05) is 0 Å². The summed E-state index contributed by atoms with van der Waals surface area (Å²) in [5.74, 6) is -1.61. The van der Waals surface area contributed by atoms with Crippen molar-refractivity contribution in [1.29, 1.82) is 0 Å². The highest BCUT2D eigenvalue weighted by molar-refractivity contribution is 5.93. The van der Waals surface area contributed by atoms with E-state index in [0.29, 0.717) is 19.4 Å². The molecule has 0 aliphatic carbocycles. The summed E-state index contributed by atoms with van der Waals surface area (Å²) in [5.41, 5.74) is -1.09. The van der Waals surface area contributed by atoms with Gasteiger partial charge >= 0.3 is 5.97 Å². The number of para-hydroxylation sites is 1. The van der Waals surface area contributed by atoms with Gasteiger partial charge in [-0.15, -0.1) is 0 Å². The lowest BCUT2D eigenvalue weighted by atomic mass is 9.80. The molecule has 0 spiro atoms. The van der Waals surface area contributed by atoms with Crippen LogP contribution in [-0.2, 0) is 16.1 Å². The lowest BCUT2D eigenvalue weighted by Crippen LogP contribution is -2.52. The molecule has 1 aromatic carbocycles. The van der Waals surface area contributed by atoms with Gasteiger partial charge in [0.05, 0.1) is 6.61 Å². The molecule has 9 heteroatoms. The number of methoxy groups -OCH3 is 1. The number of carbonyl (C=O) groups is 2. The summed E-state index contributed by atoms with van der Waals surface area (Å²) in [7, 11) is 1.44. The number of carbonyl (C=O) groups excluding carboxylic acids is 1. The van der Waals surface area contributed by atoms with E-state index in [1.165, 1.54) is 30.2 Å². The van der Waals surface area contributed by atoms with Crippen LogP contribution in [0.25, 0.3) is 0 Å². The van der Waals surface area contributed by atoms with Gasteiger partial charge in [0.1, 0.15) is 12.0 Å². The molecule has 0 saturated carbocycles. The third kappa shape index (κ3) is 4.14. The Bertz CT molecular complexity index is 850. The van der Waals surface area contributed by atoms with Crippen LogP contribution in [-0.4, -0.2) is 53.8 Å². The van der Waals surface area contributed by atoms with Crippen LogP contribution in [0.15, 0.2) is 34.9 Å². The molecule has 2 aromatic rings. The van der Waals surface area contributed by atoms with Crippen LogP contribution in [0.3, 0.4) is 0 Å². The molecular formula is C19H21FN2O6. The van der Waals surface area contributed by atoms with Crippen LogP contribution in [0, 0.1) is 11.2 Å². The molecule has 0 bridgehead atoms. The lowest BCUT2D eigenvalue weighted by molar-refractivity contribution is -0.155. The number of amides is 1. The average molecular weight is 392 g/mol. The quantitative estimate of drug-likeness (QED) is 0.772. The molecule has 1 fully saturated rings. The number of aliphatic carboxylic acids is 1. The van der Waals surface area contributed by atoms with Crippen molar-refractivity contribution in [3.8, 4) is 5.75 Å². The van der Waals surface area contributed by atoms with E-state index < -0.39 is 23.1 Å². The molecule has 1 saturated heterocycles. The van der Waals surface area contributed by atoms with Gasteiger partial charge in [0.2, 0.25) is 0 Å². The maximum Gasteiger partial charge on any atom is 0.313 e. The zero-order valence-electron chi connectivity index (χ0n) is 15.4. The van der Waals surface area contributed by atoms with E-state index in [4.69, 9.17) is 14.0 Å². The maximum absolute atomic E-state index is 13.6. The SMILES string of the molecule is COCC1(C(=O)O)CCCN(C(=O)c2cc(COc3ccccc3F)on2)C1. The van der Waals surface area contributed by atoms with Crippen molar-refractivity contribution in [2.45, 2.75) is 19.4 Å². The van der Waals surface area contributed by atoms with Crippen LogP contribution in [0.1, 0.15) is 29.1 Å². The zero-order valence-corrected chi connectivity index (χ0v) is 15.4. The molecule has 1 amide bonds. The van der Waals surface area contributed by atoms with Gasteiger partial charge in [0, 0.05) is 26.3 Å². The van der Waals surface area contributed by atoms with E-state index in [9.17, 15) is 19.1 Å². The van der Waals surface area contributed by atoms with Gasteiger partial charge in [-0.05, 0) is 25.0 Å². The Balaban J connectivity index is 1.66. The van der Waals surface area contributed by atoms with Crippen molar-refractivity contribution in [3.63, 3.8) is 0 Å². The second kappa shape index (κ2) is 8.39. The standard InChI is InChI=1S/C19H21FN2O6/c1-26-12-19(18(24)25)7-4-8-22(11-19)17(23)15-9-13(28-21-15)10-27-16-6-3-2-5-14(16)20/h2-3,5-6,9H,4,7-8,10-12H2,1H3,(H,24,25). The summed E-state index contributed by atoms with van der Waals surface area (Å²) in [5, 5.41) is 13.3. The lowest BCUT2D eigenvalue weighted by Gasteiger charge is -2.39. The second-order valence-electron chi connectivity index (χ2n) is 6.75. The minimum absolute atomic E-state index is 0.0205. The third-order valence-electron chi connectivity index (χ3n) is 4.72. The molecule has 1 aliphatic rings. The molecule has 1 aromatic heterocycles. The van der Waals surface area contributed by atoms with Crippen molar-refractivity contribution in [2.24, 2.45) is 5.41 Å². The number of hydrogen-bond donors (Lipinski definition) is 1. The first-order chi connectivity index (χ1) is 13.4. The minimum atomic E-state index is -1.14. The van der Waals surface area contributed by atoms with Crippen molar-refractivity contribution < 1.29 is 33.1 Å². The Morgan fingerprint density at radius 1 is 1.39 bits per heavy atom. The van der Waals surface area contributed by atoms with Gasteiger partial charge in [-0.2, -0.15) is 0 Å². The van der Waals surface area contributed by atoms with Crippen LogP contribution >= 0.6 is 0 Å². The molecular weight excluding hydrogens is 371 g/mol. The minimum Gasteiger partial charge on any atom is -0.482 e. The number of carboxylic acids is 1. The molecule has 3 rings (SSSR count). The number of nitrogens with zero attached hydrogens (tertiary/aromatic N) is 2. The molecule has 28 heavy (non-hydrogen) atoms. The number of likely N-dealkylation sites (tertiary alicyclic amines) is 1. The Morgan fingerprint density at radius 3 is 2.89 bits per heavy atom. The largest absolute Gasteiger partial charge is 0.482 e. The predicted molar refractivity (Wildman–Crippen MR) is 94.3 cm³/mol. The molecule has 0 radical (unpaired) electrons. The van der Waals surface area contributed by atoms with Gasteiger partial charge in [0.25, 0.3) is 5.91 Å². The van der Waals surface area contributed by atoms with Gasteiger partial charge in [0.15, 0.2) is 23.0 Å². The third-order valence-corrected chi connectivity index (χ3v) is 4.72. The Kier molecular flexibility index (Phi) is 5.93. The first-order valence-corrected chi connectivity index (χ1v) is 8.80. The summed E-state index contributed by atoms with van der Waals surface area (Å²) >= 11 is 0. The first-order valence-electron chi connectivity index (χ1n) is 8.80. The van der Waals surface area contributed by atoms with E-state index in [0.717, 1.165) is 0 Å². The molecule has 8 nitrogen and oxygen atoms in total. The first kappa shape index (κ1) is 19.8. The Morgan fingerprint density at radius 2 is 2.18 bits per heavy atom. The van der Waals surface area contributed by atoms with E-state index in [2.05, 4.69) is 5.16 Å². The summed E-state index contributed by atoms with van der Waals surface area (Å²) in [6.07, 6.45) is 0.975. The topological polar surface area (TPSA) is 102 Å². The van der Waals surface area contributed by atoms with Gasteiger partial charge in [-0.25, -0.2) is 4.39 Å². The monoisotopic (exact) mass is 392 g/mol. The van der Waals surface area contributed by atoms with E-state index in [1.54, 1.807) is 12.1 Å². The van der Waals surface area contributed by atoms with Crippen molar-refractivity contribution in [3.05, 3.63) is 47.6 Å². The highest BCUT2D eigenvalue weighted by Gasteiger charge is 2.44. The van der Waals surface area contributed by atoms with Gasteiger partial charge in [-0.3, -0.25) is 9.59 Å². The number of aromatic nitrogens is 1. The number of piperidine rings is 1. The normalized spacial score (nSPS) is 19.4. The molecule has 2 heterocycles. The zero-order chi connectivity index (χ0) is 20.1. The number of hydrogen-bond acceptors (Lipinski definition) is 6. The summed E-state index contributed by atoms with van der Waals surface area (Å²) in [4.78, 5) is 25.9. The molecule has 150 valence electrons. The summed E-state index contributed by atoms with van der Waals surface area (Å²) in [6.45, 7) is 0.380. The molecule has 1 N–H and O–H groups in total. The van der Waals surface area contributed by atoms with Gasteiger partial charge in [-0.1, -0.05) is 17.3 Å². The molecule has 1 atom stereocenters. The van der Waals surface area contributed by atoms with E-state index >= 15 is 0 Å². The van der Waals surface area contributed by atoms with Crippen LogP contribution < -0.4 is 4.74 Å². The number of benzene rings is 1. The smallest absolute Gasteiger partial charge is 0.313 e. The Labute approximate surface area is 160 Å². The predicted octanol–water partition coefficient (Wildman–Crippen LogP) is 2.35. The van der Waals surface area contributed by atoms with Crippen molar-refractivity contribution >= 4 is 11.9 Å². The maximum atomic E-state index is 13.6. The van der Waals surface area contributed by atoms with Crippen LogP contribution in [0.2, 0.25) is 0 Å². The van der Waals surface area contributed by atoms with E-state index in [-0.39, 0.29) is 37.0 Å². The fourth-order valence-electron chi connectivity index (χ4n) is 3.29. The van der Waals surface area contributed by atoms with Crippen LogP contribution in [0.5, 0.6) is 5.75 Å². The number of carboxylic acid groups (broad SMARTS) is 1.